The van der Waals surface area contributed by atoms with Crippen molar-refractivity contribution < 1.29 is 19.1 Å². The number of nitrogens with zero attached hydrogens (tertiary/aromatic N) is 1. The zero-order valence-electron chi connectivity index (χ0n) is 19.3. The molecule has 4 rings (SSSR count). The minimum absolute atomic E-state index is 0.137. The molecule has 0 aliphatic carbocycles. The summed E-state index contributed by atoms with van der Waals surface area (Å²) in [4.78, 5) is 39.6. The normalized spacial score (nSPS) is 14.9. The second-order valence-electron chi connectivity index (χ2n) is 8.20. The number of aryl methyl sites for hydroxylation is 2. The molecule has 0 unspecified atom stereocenters. The van der Waals surface area contributed by atoms with E-state index in [9.17, 15) is 14.4 Å². The van der Waals surface area contributed by atoms with Gasteiger partial charge in [0, 0.05) is 20.6 Å². The van der Waals surface area contributed by atoms with Crippen LogP contribution in [0.5, 0.6) is 5.75 Å². The minimum Gasteiger partial charge on any atom is -0.496 e. The van der Waals surface area contributed by atoms with Gasteiger partial charge in [0.05, 0.1) is 12.8 Å². The predicted molar refractivity (Wildman–Crippen MR) is 145 cm³/mol. The van der Waals surface area contributed by atoms with Crippen molar-refractivity contribution in [1.82, 2.24) is 5.32 Å². The van der Waals surface area contributed by atoms with E-state index < -0.39 is 17.8 Å². The quantitative estimate of drug-likeness (QED) is 0.227. The van der Waals surface area contributed by atoms with Crippen LogP contribution in [0.2, 0.25) is 5.02 Å². The summed E-state index contributed by atoms with van der Waals surface area (Å²) in [6, 6.07) is 15.9. The highest BCUT2D eigenvalue weighted by molar-refractivity contribution is 14.1. The zero-order valence-corrected chi connectivity index (χ0v) is 22.2. The van der Waals surface area contributed by atoms with E-state index in [1.54, 1.807) is 26.2 Å². The van der Waals surface area contributed by atoms with Gasteiger partial charge in [0.15, 0.2) is 0 Å². The van der Waals surface area contributed by atoms with Crippen LogP contribution in [0.15, 0.2) is 60.2 Å². The second-order valence-corrected chi connectivity index (χ2v) is 9.77. The Hall–Kier alpha value is -3.17. The Morgan fingerprint density at radius 2 is 1.80 bits per heavy atom. The lowest BCUT2D eigenvalue weighted by Crippen LogP contribution is -2.54. The molecule has 1 heterocycles. The maximum absolute atomic E-state index is 13.3. The Balaban J connectivity index is 1.73. The fourth-order valence-electron chi connectivity index (χ4n) is 3.90. The maximum Gasteiger partial charge on any atom is 0.335 e. The number of hydrogen-bond donors (Lipinski definition) is 1. The third kappa shape index (κ3) is 5.11. The number of amides is 4. The van der Waals surface area contributed by atoms with Crippen molar-refractivity contribution in [2.45, 2.75) is 20.3 Å². The smallest absolute Gasteiger partial charge is 0.335 e. The van der Waals surface area contributed by atoms with Crippen molar-refractivity contribution in [3.63, 3.8) is 0 Å². The summed E-state index contributed by atoms with van der Waals surface area (Å²) in [5, 5.41) is 2.94. The highest BCUT2D eigenvalue weighted by Crippen LogP contribution is 2.32. The molecule has 0 aromatic heterocycles. The second kappa shape index (κ2) is 10.2. The largest absolute Gasteiger partial charge is 0.496 e. The number of hydrogen-bond acceptors (Lipinski definition) is 4. The minimum atomic E-state index is -0.770. The Kier molecular flexibility index (Phi) is 7.28. The first-order chi connectivity index (χ1) is 16.7. The maximum atomic E-state index is 13.3. The monoisotopic (exact) mass is 600 g/mol. The van der Waals surface area contributed by atoms with E-state index in [-0.39, 0.29) is 5.57 Å². The van der Waals surface area contributed by atoms with Crippen LogP contribution < -0.4 is 15.0 Å². The molecule has 1 aliphatic heterocycles. The summed E-state index contributed by atoms with van der Waals surface area (Å²) in [5.41, 5.74) is 4.43. The average molecular weight is 601 g/mol. The number of urea groups is 1. The van der Waals surface area contributed by atoms with E-state index in [1.165, 1.54) is 6.08 Å². The molecule has 178 valence electrons. The Morgan fingerprint density at radius 3 is 2.51 bits per heavy atom. The molecular weight excluding hydrogens is 579 g/mol. The topological polar surface area (TPSA) is 75.7 Å². The number of methoxy groups -OCH3 is 1. The summed E-state index contributed by atoms with van der Waals surface area (Å²) in [6.45, 7) is 3.68. The zero-order chi connectivity index (χ0) is 25.3. The first-order valence-electron chi connectivity index (χ1n) is 10.8. The van der Waals surface area contributed by atoms with Gasteiger partial charge >= 0.3 is 6.03 Å². The van der Waals surface area contributed by atoms with Gasteiger partial charge in [-0.05, 0) is 89.0 Å². The van der Waals surface area contributed by atoms with E-state index >= 15 is 0 Å². The summed E-state index contributed by atoms with van der Waals surface area (Å²) in [7, 11) is 1.57. The van der Waals surface area contributed by atoms with Gasteiger partial charge in [0.2, 0.25) is 0 Å². The third-order valence-electron chi connectivity index (χ3n) is 5.74. The van der Waals surface area contributed by atoms with Crippen LogP contribution in [-0.2, 0) is 16.0 Å². The molecule has 0 saturated carbocycles. The van der Waals surface area contributed by atoms with E-state index in [0.717, 1.165) is 30.7 Å². The molecule has 35 heavy (non-hydrogen) atoms. The number of carbonyl (C=O) groups excluding carboxylic acids is 3. The number of rotatable bonds is 5. The molecule has 1 N–H and O–H groups in total. The van der Waals surface area contributed by atoms with Crippen molar-refractivity contribution in [3.05, 3.63) is 96.6 Å². The van der Waals surface area contributed by atoms with Gasteiger partial charge in [-0.15, -0.1) is 0 Å². The van der Waals surface area contributed by atoms with Crippen LogP contribution in [0.3, 0.4) is 0 Å². The molecule has 0 bridgehead atoms. The Bertz CT molecular complexity index is 1400. The Morgan fingerprint density at radius 1 is 1.06 bits per heavy atom. The third-order valence-corrected chi connectivity index (χ3v) is 7.07. The summed E-state index contributed by atoms with van der Waals surface area (Å²) in [6.07, 6.45) is 2.04. The van der Waals surface area contributed by atoms with Gasteiger partial charge in [-0.25, -0.2) is 9.69 Å². The first-order valence-corrected chi connectivity index (χ1v) is 12.2. The molecule has 3 aromatic carbocycles. The van der Waals surface area contributed by atoms with E-state index in [2.05, 4.69) is 27.9 Å². The number of barbiturate groups is 1. The molecule has 0 radical (unpaired) electrons. The van der Waals surface area contributed by atoms with E-state index in [4.69, 9.17) is 16.3 Å². The van der Waals surface area contributed by atoms with Gasteiger partial charge in [0.1, 0.15) is 11.3 Å². The first kappa shape index (κ1) is 24.9. The standard InChI is InChI=1S/C27H22ClIN2O4/c1-15-8-9-16(2)23(10-15)31-26(33)20(25(32)30-27(31)34)11-17-12-22(29)19(24(13-17)35-3)14-18-6-4-5-7-21(18)28/h4-13H,14H2,1-3H3,(H,30,32,34)/b20-11+. The van der Waals surface area contributed by atoms with Crippen LogP contribution in [0, 0.1) is 17.4 Å². The Labute approximate surface area is 222 Å². The molecule has 6 nitrogen and oxygen atoms in total. The van der Waals surface area contributed by atoms with Crippen LogP contribution in [0.25, 0.3) is 6.08 Å². The molecule has 3 aromatic rings. The number of halogens is 2. The highest BCUT2D eigenvalue weighted by Gasteiger charge is 2.37. The number of ether oxygens (including phenoxy) is 1. The molecule has 1 saturated heterocycles. The van der Waals surface area contributed by atoms with Gasteiger partial charge in [-0.2, -0.15) is 0 Å². The van der Waals surface area contributed by atoms with Crippen LogP contribution in [0.1, 0.15) is 27.8 Å². The van der Waals surface area contributed by atoms with Crippen molar-refractivity contribution >= 4 is 63.8 Å². The number of anilines is 1. The summed E-state index contributed by atoms with van der Waals surface area (Å²) >= 11 is 8.54. The summed E-state index contributed by atoms with van der Waals surface area (Å²) in [5.74, 6) is -0.813. The van der Waals surface area contributed by atoms with Crippen LogP contribution in [0.4, 0.5) is 10.5 Å². The molecule has 0 spiro atoms. The van der Waals surface area contributed by atoms with E-state index in [1.807, 2.05) is 49.4 Å². The lowest BCUT2D eigenvalue weighted by Gasteiger charge is -2.28. The fourth-order valence-corrected chi connectivity index (χ4v) is 4.92. The fraction of sp³-hybridized carbons (Fsp3) is 0.148. The molecular formula is C27H22ClIN2O4. The van der Waals surface area contributed by atoms with Crippen LogP contribution >= 0.6 is 34.2 Å². The highest BCUT2D eigenvalue weighted by atomic mass is 127. The van der Waals surface area contributed by atoms with Gasteiger partial charge in [0.25, 0.3) is 11.8 Å². The SMILES string of the molecule is COc1cc(/C=C2\C(=O)NC(=O)N(c3cc(C)ccc3C)C2=O)cc(I)c1Cc1ccccc1Cl. The summed E-state index contributed by atoms with van der Waals surface area (Å²) < 4.78 is 6.52. The molecule has 8 heteroatoms. The van der Waals surface area contributed by atoms with Crippen molar-refractivity contribution in [3.8, 4) is 5.75 Å². The van der Waals surface area contributed by atoms with Gasteiger partial charge < -0.3 is 4.74 Å². The lowest BCUT2D eigenvalue weighted by atomic mass is 10.00. The number of benzene rings is 3. The number of imide groups is 2. The molecule has 4 amide bonds. The average Bonchev–Trinajstić information content (AvgIpc) is 2.81. The van der Waals surface area contributed by atoms with Gasteiger partial charge in [-0.1, -0.05) is 41.9 Å². The molecule has 1 aliphatic rings. The lowest BCUT2D eigenvalue weighted by molar-refractivity contribution is -0.122. The predicted octanol–water partition coefficient (Wildman–Crippen LogP) is 5.83. The number of nitrogens with one attached hydrogen (secondary N) is 1. The van der Waals surface area contributed by atoms with Crippen molar-refractivity contribution in [1.29, 1.82) is 0 Å². The van der Waals surface area contributed by atoms with Crippen molar-refractivity contribution in [2.24, 2.45) is 0 Å². The van der Waals surface area contributed by atoms with Crippen LogP contribution in [-0.4, -0.2) is 25.0 Å². The number of carbonyl (C=O) groups is 3. The molecule has 0 atom stereocenters. The van der Waals surface area contributed by atoms with Crippen molar-refractivity contribution in [2.75, 3.05) is 12.0 Å². The van der Waals surface area contributed by atoms with Gasteiger partial charge in [-0.3, -0.25) is 14.9 Å². The molecule has 1 fully saturated rings. The van der Waals surface area contributed by atoms with E-state index in [0.29, 0.717) is 28.4 Å².